The van der Waals surface area contributed by atoms with Crippen molar-refractivity contribution in [3.05, 3.63) is 70.2 Å². The van der Waals surface area contributed by atoms with Gasteiger partial charge in [-0.25, -0.2) is 14.4 Å². The van der Waals surface area contributed by atoms with Gasteiger partial charge in [0.1, 0.15) is 17.6 Å². The van der Waals surface area contributed by atoms with Crippen LogP contribution in [-0.2, 0) is 17.9 Å². The van der Waals surface area contributed by atoms with Crippen molar-refractivity contribution in [1.29, 1.82) is 0 Å². The van der Waals surface area contributed by atoms with E-state index in [4.69, 9.17) is 37.7 Å². The van der Waals surface area contributed by atoms with E-state index in [-0.39, 0.29) is 18.0 Å². The van der Waals surface area contributed by atoms with E-state index in [1.54, 1.807) is 19.5 Å². The Bertz CT molecular complexity index is 1730. The van der Waals surface area contributed by atoms with Crippen LogP contribution in [0.1, 0.15) is 30.7 Å². The van der Waals surface area contributed by atoms with Gasteiger partial charge in [-0.1, -0.05) is 59.6 Å². The molecule has 3 N–H and O–H groups in total. The molecule has 234 valence electrons. The highest BCUT2D eigenvalue weighted by atomic mass is 35.5. The fourth-order valence-corrected chi connectivity index (χ4v) is 5.95. The molecule has 13 heteroatoms. The number of nitrogens with one attached hydrogen (secondary N) is 3. The molecular formula is C32H32Cl2FN7O3. The minimum atomic E-state index is -0.815. The van der Waals surface area contributed by atoms with Crippen molar-refractivity contribution in [2.75, 3.05) is 20.8 Å². The number of aromatic nitrogens is 4. The molecule has 4 aromatic rings. The molecule has 0 bridgehead atoms. The smallest absolute Gasteiger partial charge is 0.237 e. The lowest BCUT2D eigenvalue weighted by atomic mass is 9.98. The number of halogens is 3. The number of ether oxygens (including phenoxy) is 2. The average Bonchev–Trinajstić information content (AvgIpc) is 3.61. The van der Waals surface area contributed by atoms with Crippen LogP contribution in [0.25, 0.3) is 33.6 Å². The maximum Gasteiger partial charge on any atom is 0.237 e. The van der Waals surface area contributed by atoms with Gasteiger partial charge in [-0.15, -0.1) is 0 Å². The molecule has 6 rings (SSSR count). The molecule has 0 radical (unpaired) electrons. The lowest BCUT2D eigenvalue weighted by molar-refractivity contribution is -0.119. The molecule has 2 fully saturated rings. The van der Waals surface area contributed by atoms with Crippen molar-refractivity contribution >= 4 is 29.1 Å². The minimum Gasteiger partial charge on any atom is -0.480 e. The largest absolute Gasteiger partial charge is 0.480 e. The monoisotopic (exact) mass is 651 g/mol. The van der Waals surface area contributed by atoms with Crippen molar-refractivity contribution in [3.63, 3.8) is 0 Å². The number of benzene rings is 2. The van der Waals surface area contributed by atoms with Crippen LogP contribution in [0, 0.1) is 0 Å². The quantitative estimate of drug-likeness (QED) is 0.191. The highest BCUT2D eigenvalue weighted by Gasteiger charge is 2.37. The molecule has 2 aromatic heterocycles. The molecule has 1 saturated heterocycles. The Kier molecular flexibility index (Phi) is 9.41. The minimum absolute atomic E-state index is 0.0785. The number of carbonyl (C=O) groups excluding carboxylic acids is 1. The molecule has 3 heterocycles. The molecule has 0 unspecified atom stereocenters. The van der Waals surface area contributed by atoms with Gasteiger partial charge >= 0.3 is 0 Å². The zero-order valence-corrected chi connectivity index (χ0v) is 26.3. The zero-order chi connectivity index (χ0) is 31.5. The topological polar surface area (TPSA) is 123 Å². The van der Waals surface area contributed by atoms with Gasteiger partial charge in [0.2, 0.25) is 17.7 Å². The SMILES string of the molecule is COc1nc(-c2cccc(-c3cccc(-c4cnc(CN[C@@H]5C[C@@H]5F)c(OC)n4)c3Cl)c2Cl)cnc1CNC[C@@H]1CCC(=O)N1. The number of hydrogen-bond donors (Lipinski definition) is 3. The number of nitrogens with zero attached hydrogens (tertiary/aromatic N) is 4. The number of alkyl halides is 1. The van der Waals surface area contributed by atoms with Crippen LogP contribution >= 0.6 is 23.2 Å². The van der Waals surface area contributed by atoms with Crippen LogP contribution in [0.2, 0.25) is 10.0 Å². The highest BCUT2D eigenvalue weighted by Crippen LogP contribution is 2.42. The third-order valence-electron chi connectivity index (χ3n) is 7.86. The molecule has 1 aliphatic carbocycles. The molecule has 45 heavy (non-hydrogen) atoms. The Balaban J connectivity index is 1.24. The van der Waals surface area contributed by atoms with Crippen LogP contribution < -0.4 is 25.4 Å². The molecule has 10 nitrogen and oxygen atoms in total. The summed E-state index contributed by atoms with van der Waals surface area (Å²) < 4.78 is 24.3. The Hall–Kier alpha value is -3.90. The predicted octanol–water partition coefficient (Wildman–Crippen LogP) is 5.16. The third kappa shape index (κ3) is 6.86. The molecule has 2 aliphatic rings. The maximum atomic E-state index is 13.3. The Morgan fingerprint density at radius 1 is 0.889 bits per heavy atom. The van der Waals surface area contributed by atoms with E-state index in [1.165, 1.54) is 7.11 Å². The summed E-state index contributed by atoms with van der Waals surface area (Å²) in [6, 6.07) is 11.2. The second-order valence-electron chi connectivity index (χ2n) is 10.9. The highest BCUT2D eigenvalue weighted by molar-refractivity contribution is 6.39. The van der Waals surface area contributed by atoms with Gasteiger partial charge in [-0.05, 0) is 12.8 Å². The van der Waals surface area contributed by atoms with E-state index >= 15 is 0 Å². The summed E-state index contributed by atoms with van der Waals surface area (Å²) in [7, 11) is 3.07. The summed E-state index contributed by atoms with van der Waals surface area (Å²) in [6.45, 7) is 1.42. The zero-order valence-electron chi connectivity index (χ0n) is 24.7. The van der Waals surface area contributed by atoms with Crippen molar-refractivity contribution in [2.45, 2.75) is 50.6 Å². The van der Waals surface area contributed by atoms with Gasteiger partial charge in [0.25, 0.3) is 0 Å². The van der Waals surface area contributed by atoms with Crippen LogP contribution in [0.3, 0.4) is 0 Å². The summed E-state index contributed by atoms with van der Waals surface area (Å²) in [5.74, 6) is 0.800. The van der Waals surface area contributed by atoms with Crippen LogP contribution in [-0.4, -0.2) is 64.9 Å². The molecule has 1 aliphatic heterocycles. The van der Waals surface area contributed by atoms with Gasteiger partial charge < -0.3 is 25.4 Å². The standard InChI is InChI=1S/C32H32Cl2FN7O3/c1-44-31-26(13-36-12-17-9-10-28(43)40-17)38-14-24(41-31)20-7-3-5-18(29(20)33)19-6-4-8-21(30(19)34)25-15-39-27(32(42-25)45-2)16-37-23-11-22(23)35/h3-8,14-15,17,22-23,36-37H,9-13,16H2,1-2H3,(H,40,43)/t17-,22-,23+/m0/s1. The number of hydrogen-bond acceptors (Lipinski definition) is 9. The lowest BCUT2D eigenvalue weighted by Crippen LogP contribution is -2.35. The molecule has 2 aromatic carbocycles. The van der Waals surface area contributed by atoms with E-state index in [1.807, 2.05) is 36.4 Å². The maximum absolute atomic E-state index is 13.3. The van der Waals surface area contributed by atoms with E-state index in [0.717, 1.165) is 6.42 Å². The van der Waals surface area contributed by atoms with Gasteiger partial charge in [0, 0.05) is 60.4 Å². The number of rotatable bonds is 12. The van der Waals surface area contributed by atoms with Crippen LogP contribution in [0.15, 0.2) is 48.8 Å². The summed E-state index contributed by atoms with van der Waals surface area (Å²) in [6.07, 6.45) is 4.35. The van der Waals surface area contributed by atoms with Gasteiger partial charge in [0.15, 0.2) is 0 Å². The second kappa shape index (κ2) is 13.6. The Morgan fingerprint density at radius 3 is 1.91 bits per heavy atom. The molecule has 0 spiro atoms. The average molecular weight is 653 g/mol. The fourth-order valence-electron chi connectivity index (χ4n) is 5.30. The van der Waals surface area contributed by atoms with Gasteiger partial charge in [-0.3, -0.25) is 14.8 Å². The first kappa shape index (κ1) is 31.1. The Morgan fingerprint density at radius 2 is 1.42 bits per heavy atom. The molecule has 1 amide bonds. The van der Waals surface area contributed by atoms with Gasteiger partial charge in [0.05, 0.1) is 48.0 Å². The lowest BCUT2D eigenvalue weighted by Gasteiger charge is -2.15. The first-order valence-electron chi connectivity index (χ1n) is 14.6. The molecule has 3 atom stereocenters. The molecular weight excluding hydrogens is 620 g/mol. The summed E-state index contributed by atoms with van der Waals surface area (Å²) >= 11 is 14.0. The van der Waals surface area contributed by atoms with E-state index in [0.29, 0.717) is 99.3 Å². The van der Waals surface area contributed by atoms with Crippen molar-refractivity contribution in [1.82, 2.24) is 35.9 Å². The van der Waals surface area contributed by atoms with E-state index in [9.17, 15) is 9.18 Å². The van der Waals surface area contributed by atoms with E-state index < -0.39 is 6.17 Å². The number of methoxy groups -OCH3 is 2. The first-order chi connectivity index (χ1) is 21.9. The fraction of sp³-hybridized carbons (Fsp3) is 0.344. The normalized spacial score (nSPS) is 19.0. The summed E-state index contributed by atoms with van der Waals surface area (Å²) in [4.78, 5) is 29.9. The first-order valence-corrected chi connectivity index (χ1v) is 15.4. The molecule has 1 saturated carbocycles. The van der Waals surface area contributed by atoms with Crippen LogP contribution in [0.4, 0.5) is 4.39 Å². The van der Waals surface area contributed by atoms with Crippen molar-refractivity contribution < 1.29 is 18.7 Å². The Labute approximate surface area is 270 Å². The van der Waals surface area contributed by atoms with Gasteiger partial charge in [-0.2, -0.15) is 0 Å². The number of carbonyl (C=O) groups is 1. The predicted molar refractivity (Wildman–Crippen MR) is 170 cm³/mol. The van der Waals surface area contributed by atoms with E-state index in [2.05, 4.69) is 30.9 Å². The summed E-state index contributed by atoms with van der Waals surface area (Å²) in [5, 5.41) is 10.3. The van der Waals surface area contributed by atoms with Crippen molar-refractivity contribution in [3.8, 4) is 45.4 Å². The van der Waals surface area contributed by atoms with Crippen LogP contribution in [0.5, 0.6) is 11.8 Å². The summed E-state index contributed by atoms with van der Waals surface area (Å²) in [5.41, 5.74) is 5.03. The van der Waals surface area contributed by atoms with Crippen molar-refractivity contribution in [2.24, 2.45) is 0 Å². The third-order valence-corrected chi connectivity index (χ3v) is 8.68. The number of amides is 1. The second-order valence-corrected chi connectivity index (χ2v) is 11.7.